The molecule has 0 radical (unpaired) electrons. The maximum Gasteiger partial charge on any atom is 0.191 e. The predicted molar refractivity (Wildman–Crippen MR) is 93.8 cm³/mol. The van der Waals surface area contributed by atoms with Gasteiger partial charge >= 0.3 is 0 Å². The summed E-state index contributed by atoms with van der Waals surface area (Å²) >= 11 is 0. The summed E-state index contributed by atoms with van der Waals surface area (Å²) in [5.74, 6) is 2.15. The maximum absolute atomic E-state index is 12.2. The molecule has 6 heteroatoms. The van der Waals surface area contributed by atoms with Gasteiger partial charge in [-0.25, -0.2) is 4.98 Å². The molecule has 6 nitrogen and oxygen atoms in total. The Hall–Kier alpha value is -1.66. The Balaban J connectivity index is 1.50. The van der Waals surface area contributed by atoms with Crippen LogP contribution in [0, 0.1) is 17.8 Å². The van der Waals surface area contributed by atoms with Crippen molar-refractivity contribution < 1.29 is 15.0 Å². The molecule has 134 valence electrons. The van der Waals surface area contributed by atoms with E-state index in [2.05, 4.69) is 15.6 Å². The summed E-state index contributed by atoms with van der Waals surface area (Å²) in [5, 5.41) is 27.1. The van der Waals surface area contributed by atoms with Gasteiger partial charge in [-0.15, -0.1) is 0 Å². The van der Waals surface area contributed by atoms with Crippen molar-refractivity contribution in [3.63, 3.8) is 0 Å². The molecule has 1 aromatic heterocycles. The molecule has 0 aromatic carbocycles. The van der Waals surface area contributed by atoms with Gasteiger partial charge in [-0.1, -0.05) is 0 Å². The van der Waals surface area contributed by atoms with E-state index in [4.69, 9.17) is 0 Å². The van der Waals surface area contributed by atoms with E-state index < -0.39 is 12.2 Å². The van der Waals surface area contributed by atoms with E-state index in [0.717, 1.165) is 49.3 Å². The van der Waals surface area contributed by atoms with E-state index in [9.17, 15) is 15.0 Å². The molecule has 4 N–H and O–H groups in total. The summed E-state index contributed by atoms with van der Waals surface area (Å²) in [4.78, 5) is 16.6. The molecule has 0 saturated heterocycles. The number of Topliss-reactive ketones (excluding diaryl/α,β-unsaturated/α-hetero) is 1. The van der Waals surface area contributed by atoms with E-state index in [1.54, 1.807) is 6.20 Å². The number of hydrogen-bond donors (Lipinski definition) is 4. The molecule has 3 unspecified atom stereocenters. The second-order valence-electron chi connectivity index (χ2n) is 8.50. The third-order valence-electron chi connectivity index (χ3n) is 6.84. The Bertz CT molecular complexity index is 719. The molecule has 0 amide bonds. The Morgan fingerprint density at radius 1 is 1.32 bits per heavy atom. The third kappa shape index (κ3) is 2.38. The Morgan fingerprint density at radius 2 is 2.08 bits per heavy atom. The fourth-order valence-electron chi connectivity index (χ4n) is 6.10. The van der Waals surface area contributed by atoms with Gasteiger partial charge in [0.25, 0.3) is 0 Å². The van der Waals surface area contributed by atoms with Crippen LogP contribution in [0.2, 0.25) is 0 Å². The van der Waals surface area contributed by atoms with Crippen molar-refractivity contribution in [2.24, 2.45) is 17.8 Å². The fourth-order valence-corrected chi connectivity index (χ4v) is 6.10. The minimum absolute atomic E-state index is 0.285. The number of nitrogens with one attached hydrogen (secondary N) is 2. The van der Waals surface area contributed by atoms with Gasteiger partial charge in [0.2, 0.25) is 0 Å². The number of carbonyl (C=O) groups excluding carboxylic acids is 1. The van der Waals surface area contributed by atoms with Crippen LogP contribution in [0.3, 0.4) is 0 Å². The zero-order valence-electron chi connectivity index (χ0n) is 14.3. The number of hydrogen-bond acceptors (Lipinski definition) is 6. The van der Waals surface area contributed by atoms with Gasteiger partial charge in [0.15, 0.2) is 5.78 Å². The van der Waals surface area contributed by atoms with E-state index in [1.807, 2.05) is 0 Å². The molecular weight excluding hydrogens is 318 g/mol. The van der Waals surface area contributed by atoms with Gasteiger partial charge in [-0.3, -0.25) is 4.79 Å². The highest BCUT2D eigenvalue weighted by molar-refractivity contribution is 6.03. The van der Waals surface area contributed by atoms with Crippen LogP contribution in [-0.2, 0) is 6.42 Å². The topological polar surface area (TPSA) is 94.5 Å². The number of aliphatic hydroxyl groups is 2. The third-order valence-corrected chi connectivity index (χ3v) is 6.84. The summed E-state index contributed by atoms with van der Waals surface area (Å²) in [6, 6.07) is 0.300. The van der Waals surface area contributed by atoms with E-state index >= 15 is 0 Å². The first-order valence-corrected chi connectivity index (χ1v) is 9.45. The standard InChI is InChI=1S/C19H25N3O3/c23-9-15(24)14-8-21-18-13(1-2-20-18)17(14)22-16-11-3-10-4-12(16)7-19(25,5-10)6-11/h8,10-12,16,23,25H,1-7,9H2,(H2,20,21,22)/t10?,11-,12+,16?,19?. The number of carbonyl (C=O) groups is 1. The zero-order valence-corrected chi connectivity index (χ0v) is 14.3. The number of fused-ring (bicyclic) bond motifs is 1. The van der Waals surface area contributed by atoms with Gasteiger partial charge in [0.05, 0.1) is 16.9 Å². The molecular formula is C19H25N3O3. The average Bonchev–Trinajstić information content (AvgIpc) is 3.04. The lowest BCUT2D eigenvalue weighted by molar-refractivity contribution is -0.129. The van der Waals surface area contributed by atoms with Crippen molar-refractivity contribution in [2.75, 3.05) is 23.8 Å². The minimum atomic E-state index is -0.498. The SMILES string of the molecule is O=C(CO)c1cnc2c(c1NC1[C@@H]3CC4C[C@H]1CC(O)(C4)C3)CCN2. The van der Waals surface area contributed by atoms with Crippen LogP contribution in [0.1, 0.15) is 48.0 Å². The van der Waals surface area contributed by atoms with Crippen LogP contribution < -0.4 is 10.6 Å². The lowest BCUT2D eigenvalue weighted by Crippen LogP contribution is -2.59. The molecule has 4 bridgehead atoms. The molecule has 1 aliphatic heterocycles. The number of nitrogens with zero attached hydrogens (tertiary/aromatic N) is 1. The Morgan fingerprint density at radius 3 is 2.76 bits per heavy atom. The van der Waals surface area contributed by atoms with Gasteiger partial charge < -0.3 is 20.8 Å². The molecule has 5 atom stereocenters. The quantitative estimate of drug-likeness (QED) is 0.620. The van der Waals surface area contributed by atoms with Crippen molar-refractivity contribution in [3.8, 4) is 0 Å². The average molecular weight is 343 g/mol. The number of anilines is 2. The highest BCUT2D eigenvalue weighted by atomic mass is 16.3. The molecule has 5 aliphatic rings. The van der Waals surface area contributed by atoms with Crippen LogP contribution in [-0.4, -0.2) is 45.8 Å². The van der Waals surface area contributed by atoms with Crippen molar-refractivity contribution in [1.82, 2.24) is 4.98 Å². The van der Waals surface area contributed by atoms with Gasteiger partial charge in [-0.05, 0) is 56.3 Å². The van der Waals surface area contributed by atoms with Crippen LogP contribution in [0.4, 0.5) is 11.5 Å². The molecule has 4 aliphatic carbocycles. The number of aliphatic hydroxyl groups excluding tert-OH is 1. The van der Waals surface area contributed by atoms with Crippen molar-refractivity contribution in [1.29, 1.82) is 0 Å². The molecule has 2 heterocycles. The van der Waals surface area contributed by atoms with E-state index in [-0.39, 0.29) is 5.78 Å². The van der Waals surface area contributed by atoms with Crippen molar-refractivity contribution in [3.05, 3.63) is 17.3 Å². The van der Waals surface area contributed by atoms with Crippen LogP contribution in [0.5, 0.6) is 0 Å². The minimum Gasteiger partial charge on any atom is -0.390 e. The number of aromatic nitrogens is 1. The lowest BCUT2D eigenvalue weighted by atomic mass is 9.52. The second kappa shape index (κ2) is 5.42. The predicted octanol–water partition coefficient (Wildman–Crippen LogP) is 1.58. The van der Waals surface area contributed by atoms with Crippen LogP contribution >= 0.6 is 0 Å². The summed E-state index contributed by atoms with van der Waals surface area (Å²) < 4.78 is 0. The van der Waals surface area contributed by atoms with Gasteiger partial charge in [0, 0.05) is 24.3 Å². The molecule has 4 saturated carbocycles. The lowest BCUT2D eigenvalue weighted by Gasteiger charge is -2.58. The Labute approximate surface area is 147 Å². The van der Waals surface area contributed by atoms with Gasteiger partial charge in [-0.2, -0.15) is 0 Å². The van der Waals surface area contributed by atoms with Gasteiger partial charge in [0.1, 0.15) is 12.4 Å². The van der Waals surface area contributed by atoms with E-state index in [1.165, 1.54) is 12.8 Å². The first-order chi connectivity index (χ1) is 12.1. The summed E-state index contributed by atoms with van der Waals surface area (Å²) in [6.07, 6.45) is 7.47. The highest BCUT2D eigenvalue weighted by Crippen LogP contribution is 2.56. The van der Waals surface area contributed by atoms with Crippen LogP contribution in [0.25, 0.3) is 0 Å². The molecule has 1 aromatic rings. The van der Waals surface area contributed by atoms with Crippen LogP contribution in [0.15, 0.2) is 6.20 Å². The smallest absolute Gasteiger partial charge is 0.191 e. The second-order valence-corrected chi connectivity index (χ2v) is 8.50. The zero-order chi connectivity index (χ0) is 17.2. The first-order valence-electron chi connectivity index (χ1n) is 9.45. The Kier molecular flexibility index (Phi) is 3.38. The summed E-state index contributed by atoms with van der Waals surface area (Å²) in [7, 11) is 0. The van der Waals surface area contributed by atoms with E-state index in [0.29, 0.717) is 29.4 Å². The number of ketones is 1. The highest BCUT2D eigenvalue weighted by Gasteiger charge is 2.54. The molecule has 6 rings (SSSR count). The maximum atomic E-state index is 12.2. The van der Waals surface area contributed by atoms with Crippen molar-refractivity contribution in [2.45, 2.75) is 50.2 Å². The fraction of sp³-hybridized carbons (Fsp3) is 0.684. The molecule has 4 fully saturated rings. The normalized spacial score (nSPS) is 37.7. The number of rotatable bonds is 4. The molecule has 0 spiro atoms. The summed E-state index contributed by atoms with van der Waals surface area (Å²) in [5.41, 5.74) is 1.96. The monoisotopic (exact) mass is 343 g/mol. The molecule has 25 heavy (non-hydrogen) atoms. The summed E-state index contributed by atoms with van der Waals surface area (Å²) in [6.45, 7) is 0.328. The number of pyridine rings is 1. The first kappa shape index (κ1) is 15.6. The largest absolute Gasteiger partial charge is 0.390 e. The van der Waals surface area contributed by atoms with Crippen molar-refractivity contribution >= 4 is 17.3 Å².